The van der Waals surface area contributed by atoms with Gasteiger partial charge in [-0.2, -0.15) is 0 Å². The molecule has 1 aromatic rings. The highest BCUT2D eigenvalue weighted by molar-refractivity contribution is 5.13. The summed E-state index contributed by atoms with van der Waals surface area (Å²) in [6.45, 7) is 8.53. The van der Waals surface area contributed by atoms with E-state index >= 15 is 0 Å². The Hall–Kier alpha value is -1.24. The summed E-state index contributed by atoms with van der Waals surface area (Å²) < 4.78 is 23.6. The molecule has 25 heavy (non-hydrogen) atoms. The zero-order valence-corrected chi connectivity index (χ0v) is 15.0. The summed E-state index contributed by atoms with van der Waals surface area (Å²) in [6.07, 6.45) is 1.34. The Bertz CT molecular complexity index is 558. The SMILES string of the molecule is C=CC[C@@H]1O[C@H](C[C@H]2COC(C)(C)O2)[C@H](OCc2ccccc2)[C@H]1O. The van der Waals surface area contributed by atoms with Crippen molar-refractivity contribution in [2.75, 3.05) is 6.61 Å². The first-order valence-corrected chi connectivity index (χ1v) is 8.90. The molecule has 1 N–H and O–H groups in total. The van der Waals surface area contributed by atoms with Crippen molar-refractivity contribution < 1.29 is 24.1 Å². The molecule has 5 heteroatoms. The lowest BCUT2D eigenvalue weighted by Gasteiger charge is -2.23. The van der Waals surface area contributed by atoms with Crippen LogP contribution in [0.3, 0.4) is 0 Å². The second-order valence-electron chi connectivity index (χ2n) is 7.18. The summed E-state index contributed by atoms with van der Waals surface area (Å²) in [5.41, 5.74) is 1.07. The molecule has 0 amide bonds. The van der Waals surface area contributed by atoms with Crippen molar-refractivity contribution in [1.82, 2.24) is 0 Å². The van der Waals surface area contributed by atoms with Gasteiger partial charge >= 0.3 is 0 Å². The van der Waals surface area contributed by atoms with Crippen LogP contribution in [0.5, 0.6) is 0 Å². The van der Waals surface area contributed by atoms with Crippen LogP contribution in [-0.4, -0.2) is 48.0 Å². The average Bonchev–Trinajstić information content (AvgIpc) is 3.07. The largest absolute Gasteiger partial charge is 0.388 e. The van der Waals surface area contributed by atoms with Gasteiger partial charge in [-0.15, -0.1) is 6.58 Å². The van der Waals surface area contributed by atoms with E-state index in [1.54, 1.807) is 6.08 Å². The van der Waals surface area contributed by atoms with Gasteiger partial charge in [0.05, 0.1) is 31.5 Å². The first-order valence-electron chi connectivity index (χ1n) is 8.90. The van der Waals surface area contributed by atoms with Gasteiger partial charge < -0.3 is 24.1 Å². The maximum Gasteiger partial charge on any atom is 0.163 e. The number of rotatable bonds is 7. The molecule has 2 heterocycles. The normalized spacial score (nSPS) is 34.3. The predicted molar refractivity (Wildman–Crippen MR) is 94.0 cm³/mol. The molecule has 0 bridgehead atoms. The Kier molecular flexibility index (Phi) is 5.92. The fourth-order valence-electron chi connectivity index (χ4n) is 3.47. The second-order valence-corrected chi connectivity index (χ2v) is 7.18. The topological polar surface area (TPSA) is 57.2 Å². The van der Waals surface area contributed by atoms with Crippen LogP contribution in [0.1, 0.15) is 32.3 Å². The minimum Gasteiger partial charge on any atom is -0.388 e. The number of aliphatic hydroxyl groups excluding tert-OH is 1. The predicted octanol–water partition coefficient (Wildman–Crippen LogP) is 2.82. The van der Waals surface area contributed by atoms with E-state index in [0.29, 0.717) is 26.1 Å². The summed E-state index contributed by atoms with van der Waals surface area (Å²) in [4.78, 5) is 0. The first-order chi connectivity index (χ1) is 12.0. The molecule has 0 aromatic heterocycles. The van der Waals surface area contributed by atoms with Crippen molar-refractivity contribution in [1.29, 1.82) is 0 Å². The van der Waals surface area contributed by atoms with Crippen molar-refractivity contribution in [3.63, 3.8) is 0 Å². The Morgan fingerprint density at radius 2 is 2.04 bits per heavy atom. The van der Waals surface area contributed by atoms with Crippen molar-refractivity contribution in [2.45, 2.75) is 69.6 Å². The van der Waals surface area contributed by atoms with E-state index in [4.69, 9.17) is 18.9 Å². The third-order valence-electron chi connectivity index (χ3n) is 4.68. The van der Waals surface area contributed by atoms with Gasteiger partial charge in [-0.3, -0.25) is 0 Å². The zero-order chi connectivity index (χ0) is 17.9. The number of benzene rings is 1. The molecule has 2 fully saturated rings. The minimum atomic E-state index is -0.679. The Labute approximate surface area is 149 Å². The minimum absolute atomic E-state index is 0.0579. The molecule has 2 aliphatic heterocycles. The number of ether oxygens (including phenoxy) is 4. The quantitative estimate of drug-likeness (QED) is 0.768. The third-order valence-corrected chi connectivity index (χ3v) is 4.68. The van der Waals surface area contributed by atoms with Crippen LogP contribution >= 0.6 is 0 Å². The highest BCUT2D eigenvalue weighted by Gasteiger charge is 2.46. The summed E-state index contributed by atoms with van der Waals surface area (Å²) in [5, 5.41) is 10.6. The van der Waals surface area contributed by atoms with E-state index in [-0.39, 0.29) is 18.3 Å². The maximum atomic E-state index is 10.6. The molecule has 0 aliphatic carbocycles. The molecule has 0 radical (unpaired) electrons. The summed E-state index contributed by atoms with van der Waals surface area (Å²) in [5.74, 6) is -0.567. The van der Waals surface area contributed by atoms with Gasteiger partial charge in [-0.05, 0) is 25.8 Å². The second kappa shape index (κ2) is 7.98. The van der Waals surface area contributed by atoms with Gasteiger partial charge in [0, 0.05) is 6.42 Å². The van der Waals surface area contributed by atoms with Crippen LogP contribution in [0.2, 0.25) is 0 Å². The van der Waals surface area contributed by atoms with Crippen molar-refractivity contribution in [2.24, 2.45) is 0 Å². The van der Waals surface area contributed by atoms with Gasteiger partial charge in [0.1, 0.15) is 12.2 Å². The molecule has 0 saturated carbocycles. The lowest BCUT2D eigenvalue weighted by Crippen LogP contribution is -2.37. The van der Waals surface area contributed by atoms with Gasteiger partial charge in [-0.25, -0.2) is 0 Å². The monoisotopic (exact) mass is 348 g/mol. The van der Waals surface area contributed by atoms with Gasteiger partial charge in [0.15, 0.2) is 5.79 Å². The van der Waals surface area contributed by atoms with E-state index in [1.807, 2.05) is 44.2 Å². The van der Waals surface area contributed by atoms with Gasteiger partial charge in [-0.1, -0.05) is 36.4 Å². The van der Waals surface area contributed by atoms with Crippen molar-refractivity contribution in [3.8, 4) is 0 Å². The van der Waals surface area contributed by atoms with Crippen LogP contribution in [0.25, 0.3) is 0 Å². The molecule has 0 spiro atoms. The standard InChI is InChI=1S/C20H28O5/c1-4-8-16-18(21)19(22-12-14-9-6-5-7-10-14)17(24-16)11-15-13-23-20(2,3)25-15/h4-7,9-10,15-19,21H,1,8,11-13H2,2-3H3/t15-,16-,17+,18-,19-/m0/s1. The molecule has 1 aromatic carbocycles. The molecule has 2 saturated heterocycles. The number of hydrogen-bond donors (Lipinski definition) is 1. The lowest BCUT2D eigenvalue weighted by molar-refractivity contribution is -0.145. The number of aliphatic hydroxyl groups is 1. The third kappa shape index (κ3) is 4.68. The lowest BCUT2D eigenvalue weighted by atomic mass is 10.0. The fraction of sp³-hybridized carbons (Fsp3) is 0.600. The zero-order valence-electron chi connectivity index (χ0n) is 15.0. The summed E-state index contributed by atoms with van der Waals surface area (Å²) in [7, 11) is 0. The molecule has 5 atom stereocenters. The van der Waals surface area contributed by atoms with E-state index in [0.717, 1.165) is 5.56 Å². The average molecular weight is 348 g/mol. The van der Waals surface area contributed by atoms with E-state index in [1.165, 1.54) is 0 Å². The van der Waals surface area contributed by atoms with Crippen LogP contribution in [-0.2, 0) is 25.6 Å². The fourth-order valence-corrected chi connectivity index (χ4v) is 3.47. The highest BCUT2D eigenvalue weighted by atomic mass is 16.7. The molecule has 2 aliphatic rings. The van der Waals surface area contributed by atoms with Crippen LogP contribution in [0.4, 0.5) is 0 Å². The Morgan fingerprint density at radius 3 is 2.68 bits per heavy atom. The molecular formula is C20H28O5. The van der Waals surface area contributed by atoms with Gasteiger partial charge in [0.2, 0.25) is 0 Å². The van der Waals surface area contributed by atoms with Gasteiger partial charge in [0.25, 0.3) is 0 Å². The van der Waals surface area contributed by atoms with Crippen LogP contribution < -0.4 is 0 Å². The van der Waals surface area contributed by atoms with E-state index in [9.17, 15) is 5.11 Å². The van der Waals surface area contributed by atoms with Crippen LogP contribution in [0, 0.1) is 0 Å². The van der Waals surface area contributed by atoms with Crippen molar-refractivity contribution >= 4 is 0 Å². The van der Waals surface area contributed by atoms with E-state index in [2.05, 4.69) is 6.58 Å². The molecule has 138 valence electrons. The van der Waals surface area contributed by atoms with Crippen LogP contribution in [0.15, 0.2) is 43.0 Å². The summed E-state index contributed by atoms with van der Waals surface area (Å²) in [6, 6.07) is 9.94. The molecule has 0 unspecified atom stereocenters. The van der Waals surface area contributed by atoms with Crippen molar-refractivity contribution in [3.05, 3.63) is 48.6 Å². The maximum absolute atomic E-state index is 10.6. The highest BCUT2D eigenvalue weighted by Crippen LogP contribution is 2.33. The summed E-state index contributed by atoms with van der Waals surface area (Å²) >= 11 is 0. The Morgan fingerprint density at radius 1 is 1.28 bits per heavy atom. The Balaban J connectivity index is 1.64. The molecular weight excluding hydrogens is 320 g/mol. The smallest absolute Gasteiger partial charge is 0.163 e. The first kappa shape index (κ1) is 18.5. The number of hydrogen-bond acceptors (Lipinski definition) is 5. The molecule has 3 rings (SSSR count). The molecule has 5 nitrogen and oxygen atoms in total. The van der Waals surface area contributed by atoms with E-state index < -0.39 is 18.0 Å².